The van der Waals surface area contributed by atoms with Crippen LogP contribution in [0, 0.1) is 11.8 Å². The smallest absolute Gasteiger partial charge is 0.253 e. The van der Waals surface area contributed by atoms with Gasteiger partial charge in [0.1, 0.15) is 0 Å². The van der Waals surface area contributed by atoms with Crippen LogP contribution in [0.5, 0.6) is 5.75 Å². The fraction of sp³-hybridized carbons (Fsp3) is 0.250. The zero-order valence-corrected chi connectivity index (χ0v) is 18.1. The SMILES string of the molecule is COc1c(Cl)cccc1Nn1c(-c2ccncc2C#CC2(F)CC2)cc2c1CCNC2=O. The summed E-state index contributed by atoms with van der Waals surface area (Å²) in [6.07, 6.45) is 4.81. The summed E-state index contributed by atoms with van der Waals surface area (Å²) in [5.74, 6) is 6.02. The predicted octanol–water partition coefficient (Wildman–Crippen LogP) is 4.23. The van der Waals surface area contributed by atoms with Crippen LogP contribution in [0.25, 0.3) is 11.3 Å². The van der Waals surface area contributed by atoms with E-state index < -0.39 is 5.67 Å². The molecular formula is C24H20ClFN4O2. The van der Waals surface area contributed by atoms with Gasteiger partial charge in [-0.3, -0.25) is 19.9 Å². The van der Waals surface area contributed by atoms with Gasteiger partial charge in [0.05, 0.1) is 40.3 Å². The first kappa shape index (κ1) is 20.4. The fourth-order valence-electron chi connectivity index (χ4n) is 3.77. The number of hydrogen-bond donors (Lipinski definition) is 2. The van der Waals surface area contributed by atoms with Crippen LogP contribution in [-0.2, 0) is 6.42 Å². The highest BCUT2D eigenvalue weighted by molar-refractivity contribution is 6.32. The number of aromatic nitrogens is 2. The van der Waals surface area contributed by atoms with Crippen LogP contribution >= 0.6 is 11.6 Å². The van der Waals surface area contributed by atoms with Gasteiger partial charge < -0.3 is 10.1 Å². The summed E-state index contributed by atoms with van der Waals surface area (Å²) in [6, 6.07) is 9.03. The number of para-hydroxylation sites is 1. The molecular weight excluding hydrogens is 431 g/mol. The van der Waals surface area contributed by atoms with Gasteiger partial charge in [0.2, 0.25) is 0 Å². The molecule has 8 heteroatoms. The lowest BCUT2D eigenvalue weighted by atomic mass is 10.1. The van der Waals surface area contributed by atoms with E-state index in [1.54, 1.807) is 25.6 Å². The lowest BCUT2D eigenvalue weighted by Crippen LogP contribution is -2.33. The monoisotopic (exact) mass is 450 g/mol. The molecule has 2 N–H and O–H groups in total. The fourth-order valence-corrected chi connectivity index (χ4v) is 4.02. The van der Waals surface area contributed by atoms with E-state index in [4.69, 9.17) is 16.3 Å². The number of carbonyl (C=O) groups is 1. The van der Waals surface area contributed by atoms with Crippen molar-refractivity contribution < 1.29 is 13.9 Å². The molecule has 0 unspecified atom stereocenters. The second kappa shape index (κ2) is 7.88. The molecule has 0 saturated heterocycles. The minimum atomic E-state index is -1.40. The number of rotatable bonds is 4. The highest BCUT2D eigenvalue weighted by Gasteiger charge is 2.41. The molecule has 2 aliphatic rings. The molecule has 0 atom stereocenters. The molecule has 1 fully saturated rings. The van der Waals surface area contributed by atoms with E-state index in [-0.39, 0.29) is 5.91 Å². The number of alkyl halides is 1. The molecule has 1 amide bonds. The molecule has 3 heterocycles. The highest BCUT2D eigenvalue weighted by Crippen LogP contribution is 2.39. The first-order chi connectivity index (χ1) is 15.5. The third-order valence-corrected chi connectivity index (χ3v) is 5.90. The number of nitrogens with zero attached hydrogens (tertiary/aromatic N) is 2. The molecule has 162 valence electrons. The average molecular weight is 451 g/mol. The quantitative estimate of drug-likeness (QED) is 0.584. The van der Waals surface area contributed by atoms with E-state index in [1.165, 1.54) is 0 Å². The normalized spacial score (nSPS) is 15.8. The van der Waals surface area contributed by atoms with E-state index >= 15 is 0 Å². The van der Waals surface area contributed by atoms with E-state index in [1.807, 2.05) is 28.9 Å². The number of fused-ring (bicyclic) bond motifs is 1. The maximum absolute atomic E-state index is 14.2. The summed E-state index contributed by atoms with van der Waals surface area (Å²) >= 11 is 6.31. The minimum Gasteiger partial charge on any atom is -0.493 e. The molecule has 2 aromatic heterocycles. The third-order valence-electron chi connectivity index (χ3n) is 5.61. The van der Waals surface area contributed by atoms with Crippen molar-refractivity contribution in [2.24, 2.45) is 0 Å². The first-order valence-electron chi connectivity index (χ1n) is 10.3. The van der Waals surface area contributed by atoms with E-state index in [0.717, 1.165) is 11.3 Å². The molecule has 0 radical (unpaired) electrons. The van der Waals surface area contributed by atoms with Crippen molar-refractivity contribution in [2.75, 3.05) is 19.1 Å². The van der Waals surface area contributed by atoms with Gasteiger partial charge >= 0.3 is 0 Å². The largest absolute Gasteiger partial charge is 0.493 e. The maximum Gasteiger partial charge on any atom is 0.253 e. The van der Waals surface area contributed by atoms with E-state index in [0.29, 0.717) is 59.1 Å². The number of hydrogen-bond acceptors (Lipinski definition) is 4. The van der Waals surface area contributed by atoms with Crippen molar-refractivity contribution in [3.05, 3.63) is 64.6 Å². The molecule has 3 aromatic rings. The van der Waals surface area contributed by atoms with Crippen LogP contribution in [0.3, 0.4) is 0 Å². The Labute approximate surface area is 189 Å². The van der Waals surface area contributed by atoms with Crippen molar-refractivity contribution in [1.82, 2.24) is 15.0 Å². The van der Waals surface area contributed by atoms with Crippen LogP contribution in [0.1, 0.15) is 34.5 Å². The Morgan fingerprint density at radius 2 is 2.16 bits per heavy atom. The molecule has 6 nitrogen and oxygen atoms in total. The van der Waals surface area contributed by atoms with Crippen LogP contribution in [0.4, 0.5) is 10.1 Å². The van der Waals surface area contributed by atoms with Gasteiger partial charge in [-0.05, 0) is 37.1 Å². The number of amides is 1. The Kier molecular flexibility index (Phi) is 5.03. The summed E-state index contributed by atoms with van der Waals surface area (Å²) in [5, 5.41) is 3.34. The molecule has 1 aliphatic heterocycles. The molecule has 1 aliphatic carbocycles. The Hall–Kier alpha value is -3.50. The van der Waals surface area contributed by atoms with Crippen molar-refractivity contribution in [3.8, 4) is 28.8 Å². The van der Waals surface area contributed by atoms with E-state index in [2.05, 4.69) is 27.6 Å². The topological polar surface area (TPSA) is 68.2 Å². The number of benzene rings is 1. The molecule has 5 rings (SSSR count). The van der Waals surface area contributed by atoms with E-state index in [9.17, 15) is 9.18 Å². The van der Waals surface area contributed by atoms with Gasteiger partial charge in [0.25, 0.3) is 5.91 Å². The lowest BCUT2D eigenvalue weighted by molar-refractivity contribution is 0.0945. The number of anilines is 1. The molecule has 1 aromatic carbocycles. The van der Waals surface area contributed by atoms with Gasteiger partial charge in [-0.25, -0.2) is 4.39 Å². The van der Waals surface area contributed by atoms with Crippen molar-refractivity contribution >= 4 is 23.2 Å². The van der Waals surface area contributed by atoms with Gasteiger partial charge in [-0.1, -0.05) is 29.5 Å². The first-order valence-corrected chi connectivity index (χ1v) is 10.7. The van der Waals surface area contributed by atoms with Gasteiger partial charge in [-0.15, -0.1) is 0 Å². The number of carbonyl (C=O) groups excluding carboxylic acids is 1. The Balaban J connectivity index is 1.67. The highest BCUT2D eigenvalue weighted by atomic mass is 35.5. The third kappa shape index (κ3) is 3.67. The van der Waals surface area contributed by atoms with Gasteiger partial charge in [0, 0.05) is 30.9 Å². The Morgan fingerprint density at radius 1 is 1.31 bits per heavy atom. The molecule has 1 saturated carbocycles. The van der Waals surface area contributed by atoms with Gasteiger partial charge in [0.15, 0.2) is 11.4 Å². The number of nitrogens with one attached hydrogen (secondary N) is 2. The summed E-state index contributed by atoms with van der Waals surface area (Å²) in [6.45, 7) is 0.525. The number of halogens is 2. The van der Waals surface area contributed by atoms with Crippen LogP contribution < -0.4 is 15.5 Å². The summed E-state index contributed by atoms with van der Waals surface area (Å²) < 4.78 is 21.5. The van der Waals surface area contributed by atoms with Crippen LogP contribution in [0.2, 0.25) is 5.02 Å². The Morgan fingerprint density at radius 3 is 2.94 bits per heavy atom. The summed E-state index contributed by atoms with van der Waals surface area (Å²) in [5.41, 5.74) is 6.04. The Bertz CT molecular complexity index is 1290. The zero-order chi connectivity index (χ0) is 22.3. The summed E-state index contributed by atoms with van der Waals surface area (Å²) in [4.78, 5) is 16.7. The number of methoxy groups -OCH3 is 1. The zero-order valence-electron chi connectivity index (χ0n) is 17.3. The molecule has 0 spiro atoms. The van der Waals surface area contributed by atoms with Crippen molar-refractivity contribution in [1.29, 1.82) is 0 Å². The molecule has 0 bridgehead atoms. The van der Waals surface area contributed by atoms with Crippen molar-refractivity contribution in [3.63, 3.8) is 0 Å². The minimum absolute atomic E-state index is 0.145. The molecule has 32 heavy (non-hydrogen) atoms. The van der Waals surface area contributed by atoms with Crippen LogP contribution in [-0.4, -0.2) is 34.9 Å². The summed E-state index contributed by atoms with van der Waals surface area (Å²) in [7, 11) is 1.55. The standard InChI is InChI=1S/C24H20ClFN4O2/c1-32-22-18(25)3-2-4-19(22)29-30-20-7-12-28-23(31)17(20)13-21(30)16-6-11-27-14-15(16)5-8-24(26)9-10-24/h2-4,6,11,13-14,29H,7,9-10,12H2,1H3,(H,28,31). The number of pyridine rings is 1. The van der Waals surface area contributed by atoms with Crippen molar-refractivity contribution in [2.45, 2.75) is 24.9 Å². The second-order valence-corrected chi connectivity index (χ2v) is 8.21. The number of ether oxygens (including phenoxy) is 1. The average Bonchev–Trinajstić information content (AvgIpc) is 3.42. The maximum atomic E-state index is 14.2. The lowest BCUT2D eigenvalue weighted by Gasteiger charge is -2.21. The predicted molar refractivity (Wildman–Crippen MR) is 121 cm³/mol. The van der Waals surface area contributed by atoms with Crippen LogP contribution in [0.15, 0.2) is 42.7 Å². The van der Waals surface area contributed by atoms with Gasteiger partial charge in [-0.2, -0.15) is 0 Å². The second-order valence-electron chi connectivity index (χ2n) is 7.80.